The molecule has 0 aliphatic heterocycles. The number of carbonyl (C=O) groups excluding carboxylic acids is 1. The van der Waals surface area contributed by atoms with Gasteiger partial charge in [-0.05, 0) is 31.9 Å². The molecule has 0 saturated carbocycles. The van der Waals surface area contributed by atoms with Crippen LogP contribution in [0.25, 0.3) is 5.57 Å². The number of hydrogen-bond donors (Lipinski definition) is 0. The maximum absolute atomic E-state index is 12.4. The zero-order chi connectivity index (χ0) is 15.2. The zero-order valence-corrected chi connectivity index (χ0v) is 12.8. The van der Waals surface area contributed by atoms with Crippen LogP contribution in [-0.4, -0.2) is 5.78 Å². The lowest BCUT2D eigenvalue weighted by atomic mass is 9.98. The van der Waals surface area contributed by atoms with E-state index < -0.39 is 0 Å². The fraction of sp³-hybridized carbons (Fsp3) is 0.150. The fourth-order valence-corrected chi connectivity index (χ4v) is 2.22. The first kappa shape index (κ1) is 15.0. The van der Waals surface area contributed by atoms with Gasteiger partial charge in [-0.1, -0.05) is 72.3 Å². The summed E-state index contributed by atoms with van der Waals surface area (Å²) in [6.07, 6.45) is 6.15. The van der Waals surface area contributed by atoms with Crippen LogP contribution in [0.15, 0.2) is 66.8 Å². The van der Waals surface area contributed by atoms with Gasteiger partial charge in [0.25, 0.3) is 0 Å². The highest BCUT2D eigenvalue weighted by atomic mass is 16.1. The van der Waals surface area contributed by atoms with Gasteiger partial charge in [0.15, 0.2) is 5.78 Å². The number of ketones is 1. The molecule has 0 aromatic heterocycles. The van der Waals surface area contributed by atoms with Gasteiger partial charge in [0, 0.05) is 11.1 Å². The predicted molar refractivity (Wildman–Crippen MR) is 89.5 cm³/mol. The second-order valence-corrected chi connectivity index (χ2v) is 5.02. The third-order valence-electron chi connectivity index (χ3n) is 3.45. The van der Waals surface area contributed by atoms with Crippen molar-refractivity contribution in [1.82, 2.24) is 0 Å². The Morgan fingerprint density at radius 2 is 1.29 bits per heavy atom. The summed E-state index contributed by atoms with van der Waals surface area (Å²) >= 11 is 0. The van der Waals surface area contributed by atoms with Crippen molar-refractivity contribution in [3.8, 4) is 0 Å². The summed E-state index contributed by atoms with van der Waals surface area (Å²) in [6.45, 7) is 6.03. The van der Waals surface area contributed by atoms with Crippen LogP contribution >= 0.6 is 0 Å². The van der Waals surface area contributed by atoms with Gasteiger partial charge in [0.2, 0.25) is 0 Å². The number of aryl methyl sites for hydroxylation is 1. The average molecular weight is 276 g/mol. The second kappa shape index (κ2) is 6.85. The molecule has 0 spiro atoms. The molecule has 0 heterocycles. The molecule has 0 aliphatic carbocycles. The second-order valence-electron chi connectivity index (χ2n) is 5.02. The highest BCUT2D eigenvalue weighted by Crippen LogP contribution is 2.18. The quantitative estimate of drug-likeness (QED) is 0.553. The maximum Gasteiger partial charge on any atom is 0.193 e. The molecule has 2 aromatic rings. The van der Waals surface area contributed by atoms with Crippen LogP contribution in [0.3, 0.4) is 0 Å². The van der Waals surface area contributed by atoms with Crippen molar-refractivity contribution in [3.05, 3.63) is 89.0 Å². The van der Waals surface area contributed by atoms with Crippen molar-refractivity contribution in [3.63, 3.8) is 0 Å². The molecule has 106 valence electrons. The summed E-state index contributed by atoms with van der Waals surface area (Å²) in [5, 5.41) is 0. The number of rotatable bonds is 4. The molecule has 0 bridgehead atoms. The standard InChI is InChI=1S/C20H20O/c1-4-6-16(5-2)17-11-13-19(14-12-17)20(21)18-9-7-15(3)8-10-18/h4-14H,1-3H3/b6-4-,16-5+. The van der Waals surface area contributed by atoms with Crippen LogP contribution in [0.1, 0.15) is 40.9 Å². The van der Waals surface area contributed by atoms with E-state index in [1.807, 2.05) is 75.4 Å². The summed E-state index contributed by atoms with van der Waals surface area (Å²) in [4.78, 5) is 12.4. The summed E-state index contributed by atoms with van der Waals surface area (Å²) in [5.74, 6) is 0.0645. The van der Waals surface area contributed by atoms with Gasteiger partial charge < -0.3 is 0 Å². The van der Waals surface area contributed by atoms with E-state index in [4.69, 9.17) is 0 Å². The third-order valence-corrected chi connectivity index (χ3v) is 3.45. The lowest BCUT2D eigenvalue weighted by Crippen LogP contribution is -2.01. The van der Waals surface area contributed by atoms with Crippen LogP contribution in [0.4, 0.5) is 0 Å². The third kappa shape index (κ3) is 3.57. The number of allylic oxidation sites excluding steroid dienone is 4. The molecule has 0 saturated heterocycles. The Morgan fingerprint density at radius 3 is 1.76 bits per heavy atom. The van der Waals surface area contributed by atoms with Gasteiger partial charge in [-0.2, -0.15) is 0 Å². The topological polar surface area (TPSA) is 17.1 Å². The van der Waals surface area contributed by atoms with E-state index in [1.165, 1.54) is 0 Å². The highest BCUT2D eigenvalue weighted by Gasteiger charge is 2.08. The fourth-order valence-electron chi connectivity index (χ4n) is 2.22. The summed E-state index contributed by atoms with van der Waals surface area (Å²) in [5.41, 5.74) is 4.89. The molecule has 2 rings (SSSR count). The Labute approximate surface area is 126 Å². The van der Waals surface area contributed by atoms with Gasteiger partial charge in [-0.25, -0.2) is 0 Å². The lowest BCUT2D eigenvalue weighted by molar-refractivity contribution is 0.103. The Morgan fingerprint density at radius 1 is 0.810 bits per heavy atom. The normalized spacial score (nSPS) is 11.9. The van der Waals surface area contributed by atoms with Crippen LogP contribution in [0.5, 0.6) is 0 Å². The summed E-state index contributed by atoms with van der Waals surface area (Å²) in [7, 11) is 0. The zero-order valence-electron chi connectivity index (χ0n) is 12.8. The van der Waals surface area contributed by atoms with Gasteiger partial charge >= 0.3 is 0 Å². The van der Waals surface area contributed by atoms with Crippen molar-refractivity contribution in [2.24, 2.45) is 0 Å². The molecule has 0 unspecified atom stereocenters. The van der Waals surface area contributed by atoms with Crippen molar-refractivity contribution in [2.45, 2.75) is 20.8 Å². The minimum absolute atomic E-state index is 0.0645. The Balaban J connectivity index is 2.26. The maximum atomic E-state index is 12.4. The molecule has 2 aromatic carbocycles. The molecular formula is C20H20O. The van der Waals surface area contributed by atoms with Crippen LogP contribution in [0.2, 0.25) is 0 Å². The van der Waals surface area contributed by atoms with Gasteiger partial charge in [0.05, 0.1) is 0 Å². The Bertz CT molecular complexity index is 671. The molecule has 0 fully saturated rings. The Hall–Kier alpha value is -2.41. The van der Waals surface area contributed by atoms with E-state index in [0.29, 0.717) is 0 Å². The first-order valence-electron chi connectivity index (χ1n) is 7.16. The van der Waals surface area contributed by atoms with Crippen molar-refractivity contribution in [2.75, 3.05) is 0 Å². The summed E-state index contributed by atoms with van der Waals surface area (Å²) < 4.78 is 0. The molecule has 0 amide bonds. The smallest absolute Gasteiger partial charge is 0.193 e. The van der Waals surface area contributed by atoms with Gasteiger partial charge in [-0.15, -0.1) is 0 Å². The van der Waals surface area contributed by atoms with E-state index in [2.05, 4.69) is 12.2 Å². The molecule has 1 heteroatoms. The van der Waals surface area contributed by atoms with E-state index in [1.54, 1.807) is 0 Å². The first-order valence-corrected chi connectivity index (χ1v) is 7.16. The van der Waals surface area contributed by atoms with E-state index in [-0.39, 0.29) is 5.78 Å². The largest absolute Gasteiger partial charge is 0.289 e. The van der Waals surface area contributed by atoms with Crippen molar-refractivity contribution >= 4 is 11.4 Å². The molecule has 0 N–H and O–H groups in total. The van der Waals surface area contributed by atoms with E-state index >= 15 is 0 Å². The Kier molecular flexibility index (Phi) is 4.89. The van der Waals surface area contributed by atoms with Crippen LogP contribution in [0, 0.1) is 6.92 Å². The molecule has 1 nitrogen and oxygen atoms in total. The predicted octanol–water partition coefficient (Wildman–Crippen LogP) is 5.21. The number of hydrogen-bond acceptors (Lipinski definition) is 1. The van der Waals surface area contributed by atoms with Crippen LogP contribution in [-0.2, 0) is 0 Å². The molecule has 0 aliphatic rings. The SMILES string of the molecule is C/C=C\C(=C/C)c1ccc(C(=O)c2ccc(C)cc2)cc1. The van der Waals surface area contributed by atoms with E-state index in [9.17, 15) is 4.79 Å². The molecule has 0 radical (unpaired) electrons. The molecular weight excluding hydrogens is 256 g/mol. The van der Waals surface area contributed by atoms with Gasteiger partial charge in [-0.3, -0.25) is 4.79 Å². The lowest BCUT2D eigenvalue weighted by Gasteiger charge is -2.05. The van der Waals surface area contributed by atoms with Crippen molar-refractivity contribution in [1.29, 1.82) is 0 Å². The van der Waals surface area contributed by atoms with Crippen molar-refractivity contribution < 1.29 is 4.79 Å². The average Bonchev–Trinajstić information content (AvgIpc) is 2.53. The van der Waals surface area contributed by atoms with E-state index in [0.717, 1.165) is 27.8 Å². The first-order chi connectivity index (χ1) is 10.2. The molecule has 21 heavy (non-hydrogen) atoms. The highest BCUT2D eigenvalue weighted by molar-refractivity contribution is 6.09. The van der Waals surface area contributed by atoms with Gasteiger partial charge in [0.1, 0.15) is 0 Å². The molecule has 0 atom stereocenters. The minimum Gasteiger partial charge on any atom is -0.289 e. The van der Waals surface area contributed by atoms with Crippen LogP contribution < -0.4 is 0 Å². The summed E-state index contributed by atoms with van der Waals surface area (Å²) in [6, 6.07) is 15.5. The minimum atomic E-state index is 0.0645. The monoisotopic (exact) mass is 276 g/mol. The number of carbonyl (C=O) groups is 1. The number of benzene rings is 2.